The zero-order valence-electron chi connectivity index (χ0n) is 11.7. The van der Waals surface area contributed by atoms with E-state index in [2.05, 4.69) is 10.6 Å². The summed E-state index contributed by atoms with van der Waals surface area (Å²) in [4.78, 5) is 23.4. The number of hydrogen-bond donors (Lipinski definition) is 3. The third kappa shape index (κ3) is 5.38. The first-order valence-corrected chi connectivity index (χ1v) is 6.31. The molecule has 0 spiro atoms. The number of aliphatic hydroxyl groups is 1. The molecule has 1 aromatic rings. The highest BCUT2D eigenvalue weighted by molar-refractivity contribution is 5.96. The minimum Gasteiger partial charge on any atom is -0.394 e. The number of aliphatic hydroxyl groups excluding tert-OH is 1. The van der Waals surface area contributed by atoms with E-state index in [1.165, 1.54) is 7.11 Å². The van der Waals surface area contributed by atoms with Crippen LogP contribution in [0.1, 0.15) is 15.9 Å². The molecule has 1 aromatic carbocycles. The van der Waals surface area contributed by atoms with E-state index in [9.17, 15) is 9.59 Å². The van der Waals surface area contributed by atoms with Gasteiger partial charge in [0.2, 0.25) is 5.91 Å². The van der Waals surface area contributed by atoms with E-state index >= 15 is 0 Å². The Morgan fingerprint density at radius 2 is 1.95 bits per heavy atom. The van der Waals surface area contributed by atoms with Crippen molar-refractivity contribution in [2.75, 3.05) is 26.9 Å². The van der Waals surface area contributed by atoms with Crippen molar-refractivity contribution in [1.82, 2.24) is 10.6 Å². The maximum Gasteiger partial charge on any atom is 0.251 e. The number of carbonyl (C=O) groups is 2. The number of hydrogen-bond acceptors (Lipinski definition) is 4. The third-order valence-corrected chi connectivity index (χ3v) is 2.68. The van der Waals surface area contributed by atoms with Crippen LogP contribution in [0.25, 0.3) is 0 Å². The number of ether oxygens (including phenoxy) is 1. The highest BCUT2D eigenvalue weighted by atomic mass is 16.5. The molecule has 0 saturated carbocycles. The van der Waals surface area contributed by atoms with Gasteiger partial charge >= 0.3 is 0 Å². The Labute approximate surface area is 118 Å². The van der Waals surface area contributed by atoms with Crippen LogP contribution < -0.4 is 10.6 Å². The van der Waals surface area contributed by atoms with Crippen molar-refractivity contribution in [2.24, 2.45) is 0 Å². The van der Waals surface area contributed by atoms with Gasteiger partial charge in [-0.1, -0.05) is 17.7 Å². The van der Waals surface area contributed by atoms with Gasteiger partial charge in [0, 0.05) is 12.7 Å². The molecule has 6 heteroatoms. The fourth-order valence-electron chi connectivity index (χ4n) is 1.59. The molecule has 1 unspecified atom stereocenters. The fraction of sp³-hybridized carbons (Fsp3) is 0.429. The van der Waals surface area contributed by atoms with E-state index in [4.69, 9.17) is 9.84 Å². The van der Waals surface area contributed by atoms with Crippen LogP contribution in [-0.2, 0) is 9.53 Å². The summed E-state index contributed by atoms with van der Waals surface area (Å²) in [7, 11) is 1.48. The summed E-state index contributed by atoms with van der Waals surface area (Å²) >= 11 is 0. The maximum atomic E-state index is 11.8. The zero-order valence-corrected chi connectivity index (χ0v) is 11.7. The van der Waals surface area contributed by atoms with Gasteiger partial charge in [-0.25, -0.2) is 0 Å². The van der Waals surface area contributed by atoms with Crippen molar-refractivity contribution < 1.29 is 19.4 Å². The molecule has 0 aliphatic heterocycles. The van der Waals surface area contributed by atoms with Gasteiger partial charge in [0.1, 0.15) is 0 Å². The smallest absolute Gasteiger partial charge is 0.251 e. The van der Waals surface area contributed by atoms with E-state index in [-0.39, 0.29) is 31.6 Å². The number of aryl methyl sites for hydroxylation is 1. The molecular weight excluding hydrogens is 260 g/mol. The van der Waals surface area contributed by atoms with Gasteiger partial charge < -0.3 is 20.5 Å². The fourth-order valence-corrected chi connectivity index (χ4v) is 1.59. The number of nitrogens with one attached hydrogen (secondary N) is 2. The number of rotatable bonds is 7. The first kappa shape index (κ1) is 16.1. The van der Waals surface area contributed by atoms with Crippen molar-refractivity contribution in [1.29, 1.82) is 0 Å². The maximum absolute atomic E-state index is 11.8. The molecule has 1 atom stereocenters. The summed E-state index contributed by atoms with van der Waals surface area (Å²) in [6, 6.07) is 6.59. The Balaban J connectivity index is 2.40. The molecule has 0 radical (unpaired) electrons. The lowest BCUT2D eigenvalue weighted by atomic mass is 10.1. The Bertz CT molecular complexity index is 445. The summed E-state index contributed by atoms with van der Waals surface area (Å²) < 4.78 is 4.84. The van der Waals surface area contributed by atoms with Gasteiger partial charge in [0.25, 0.3) is 5.91 Å². The van der Waals surface area contributed by atoms with Crippen LogP contribution in [0, 0.1) is 6.92 Å². The molecule has 20 heavy (non-hydrogen) atoms. The normalized spacial score (nSPS) is 11.8. The molecule has 0 fully saturated rings. The molecule has 3 N–H and O–H groups in total. The standard InChI is InChI=1S/C14H20N2O4/c1-10-3-5-11(6-4-10)14(19)15-7-13(18)16-12(8-17)9-20-2/h3-6,12,17H,7-9H2,1-2H3,(H,15,19)(H,16,18). The topological polar surface area (TPSA) is 87.7 Å². The van der Waals surface area contributed by atoms with Gasteiger partial charge in [-0.3, -0.25) is 9.59 Å². The Morgan fingerprint density at radius 1 is 1.30 bits per heavy atom. The molecule has 0 aliphatic rings. The summed E-state index contributed by atoms with van der Waals surface area (Å²) in [6.45, 7) is 1.78. The lowest BCUT2D eigenvalue weighted by Gasteiger charge is -2.15. The highest BCUT2D eigenvalue weighted by Crippen LogP contribution is 2.02. The van der Waals surface area contributed by atoms with Crippen molar-refractivity contribution >= 4 is 11.8 Å². The molecule has 0 saturated heterocycles. The van der Waals surface area contributed by atoms with Gasteiger partial charge in [-0.2, -0.15) is 0 Å². The molecular formula is C14H20N2O4. The summed E-state index contributed by atoms with van der Waals surface area (Å²) in [5.41, 5.74) is 1.56. The summed E-state index contributed by atoms with van der Waals surface area (Å²) in [5, 5.41) is 14.1. The first-order valence-electron chi connectivity index (χ1n) is 6.31. The predicted molar refractivity (Wildman–Crippen MR) is 74.4 cm³/mol. The molecule has 0 heterocycles. The Morgan fingerprint density at radius 3 is 2.50 bits per heavy atom. The van der Waals surface area contributed by atoms with Crippen molar-refractivity contribution in [3.63, 3.8) is 0 Å². The van der Waals surface area contributed by atoms with E-state index in [0.29, 0.717) is 5.56 Å². The summed E-state index contributed by atoms with van der Waals surface area (Å²) in [5.74, 6) is -0.686. The van der Waals surface area contributed by atoms with Crippen LogP contribution in [0.4, 0.5) is 0 Å². The van der Waals surface area contributed by atoms with Gasteiger partial charge in [0.15, 0.2) is 0 Å². The molecule has 6 nitrogen and oxygen atoms in total. The average Bonchev–Trinajstić information content (AvgIpc) is 2.45. The van der Waals surface area contributed by atoms with Crippen molar-refractivity contribution in [3.8, 4) is 0 Å². The van der Waals surface area contributed by atoms with Crippen LogP contribution in [0.15, 0.2) is 24.3 Å². The molecule has 0 aliphatic carbocycles. The van der Waals surface area contributed by atoms with E-state index < -0.39 is 6.04 Å². The number of carbonyl (C=O) groups excluding carboxylic acids is 2. The SMILES string of the molecule is COCC(CO)NC(=O)CNC(=O)c1ccc(C)cc1. The van der Waals surface area contributed by atoms with E-state index in [1.807, 2.05) is 19.1 Å². The second kappa shape index (κ2) is 8.29. The minimum absolute atomic E-state index is 0.146. The van der Waals surface area contributed by atoms with Gasteiger partial charge in [-0.15, -0.1) is 0 Å². The first-order chi connectivity index (χ1) is 9.56. The molecule has 2 amide bonds. The lowest BCUT2D eigenvalue weighted by molar-refractivity contribution is -0.121. The minimum atomic E-state index is -0.469. The Kier molecular flexibility index (Phi) is 6.69. The molecule has 0 bridgehead atoms. The number of amides is 2. The predicted octanol–water partition coefficient (Wildman–Crippen LogP) is -0.152. The second-order valence-electron chi connectivity index (χ2n) is 4.45. The Hall–Kier alpha value is -1.92. The molecule has 1 rings (SSSR count). The van der Waals surface area contributed by atoms with Crippen molar-refractivity contribution in [2.45, 2.75) is 13.0 Å². The van der Waals surface area contributed by atoms with Crippen LogP contribution in [0.3, 0.4) is 0 Å². The van der Waals surface area contributed by atoms with E-state index in [0.717, 1.165) is 5.56 Å². The molecule has 0 aromatic heterocycles. The monoisotopic (exact) mass is 280 g/mol. The van der Waals surface area contributed by atoms with Crippen molar-refractivity contribution in [3.05, 3.63) is 35.4 Å². The van der Waals surface area contributed by atoms with Gasteiger partial charge in [-0.05, 0) is 19.1 Å². The number of methoxy groups -OCH3 is 1. The largest absolute Gasteiger partial charge is 0.394 e. The van der Waals surface area contributed by atoms with Crippen LogP contribution in [0.2, 0.25) is 0 Å². The average molecular weight is 280 g/mol. The van der Waals surface area contributed by atoms with Gasteiger partial charge in [0.05, 0.1) is 25.8 Å². The van der Waals surface area contributed by atoms with E-state index in [1.54, 1.807) is 12.1 Å². The van der Waals surface area contributed by atoms with Crippen LogP contribution in [0.5, 0.6) is 0 Å². The summed E-state index contributed by atoms with van der Waals surface area (Å²) in [6.07, 6.45) is 0. The third-order valence-electron chi connectivity index (χ3n) is 2.68. The zero-order chi connectivity index (χ0) is 15.0. The van der Waals surface area contributed by atoms with Crippen LogP contribution >= 0.6 is 0 Å². The number of benzene rings is 1. The second-order valence-corrected chi connectivity index (χ2v) is 4.45. The quantitative estimate of drug-likeness (QED) is 0.648. The lowest BCUT2D eigenvalue weighted by Crippen LogP contribution is -2.45. The van der Waals surface area contributed by atoms with Crippen LogP contribution in [-0.4, -0.2) is 49.8 Å². The molecule has 110 valence electrons. The highest BCUT2D eigenvalue weighted by Gasteiger charge is 2.12.